The lowest BCUT2D eigenvalue weighted by atomic mass is 10.0. The molecule has 6 nitrogen and oxygen atoms in total. The number of nitrogens with two attached hydrogens (primary N) is 1. The van der Waals surface area contributed by atoms with Crippen molar-refractivity contribution in [1.29, 1.82) is 0 Å². The van der Waals surface area contributed by atoms with Crippen molar-refractivity contribution < 1.29 is 14.3 Å². The summed E-state index contributed by atoms with van der Waals surface area (Å²) in [7, 11) is 1.55. The second kappa shape index (κ2) is 8.17. The van der Waals surface area contributed by atoms with Gasteiger partial charge in [0.1, 0.15) is 5.75 Å². The number of nitrogens with zero attached hydrogens (tertiary/aromatic N) is 1. The molecule has 23 heavy (non-hydrogen) atoms. The van der Waals surface area contributed by atoms with Gasteiger partial charge in [0.2, 0.25) is 11.8 Å². The first-order valence-corrected chi connectivity index (χ1v) is 7.49. The van der Waals surface area contributed by atoms with Crippen molar-refractivity contribution in [2.75, 3.05) is 23.9 Å². The van der Waals surface area contributed by atoms with E-state index in [9.17, 15) is 9.59 Å². The topological polar surface area (TPSA) is 84.7 Å². The van der Waals surface area contributed by atoms with Gasteiger partial charge in [-0.2, -0.15) is 0 Å². The summed E-state index contributed by atoms with van der Waals surface area (Å²) in [6.07, 6.45) is 1.41. The predicted octanol–water partition coefficient (Wildman–Crippen LogP) is 2.17. The highest BCUT2D eigenvalue weighted by atomic mass is 35.5. The Morgan fingerprint density at radius 3 is 2.61 bits per heavy atom. The minimum Gasteiger partial charge on any atom is -0.494 e. The highest BCUT2D eigenvalue weighted by Crippen LogP contribution is 2.33. The molecular formula is C16H24ClN3O3. The van der Waals surface area contributed by atoms with Gasteiger partial charge in [-0.05, 0) is 24.5 Å². The maximum atomic E-state index is 12.0. The highest BCUT2D eigenvalue weighted by Gasteiger charge is 2.25. The zero-order chi connectivity index (χ0) is 16.3. The van der Waals surface area contributed by atoms with Crippen LogP contribution in [0, 0.1) is 5.92 Å². The summed E-state index contributed by atoms with van der Waals surface area (Å²) in [5.41, 5.74) is 7.17. The molecule has 3 N–H and O–H groups in total. The van der Waals surface area contributed by atoms with Gasteiger partial charge in [-0.1, -0.05) is 13.8 Å². The van der Waals surface area contributed by atoms with Gasteiger partial charge < -0.3 is 20.7 Å². The molecule has 1 saturated heterocycles. The molecule has 128 valence electrons. The van der Waals surface area contributed by atoms with E-state index in [4.69, 9.17) is 10.5 Å². The molecule has 2 amide bonds. The van der Waals surface area contributed by atoms with Crippen LogP contribution >= 0.6 is 12.4 Å². The predicted molar refractivity (Wildman–Crippen MR) is 93.3 cm³/mol. The van der Waals surface area contributed by atoms with Crippen LogP contribution in [0.3, 0.4) is 0 Å². The highest BCUT2D eigenvalue weighted by molar-refractivity contribution is 5.98. The van der Waals surface area contributed by atoms with E-state index in [1.807, 2.05) is 13.8 Å². The molecule has 0 bridgehead atoms. The summed E-state index contributed by atoms with van der Waals surface area (Å²) in [6.45, 7) is 4.49. The molecular weight excluding hydrogens is 318 g/mol. The van der Waals surface area contributed by atoms with Gasteiger partial charge >= 0.3 is 0 Å². The van der Waals surface area contributed by atoms with Gasteiger partial charge in [0.05, 0.1) is 18.8 Å². The number of amides is 2. The molecule has 0 aromatic heterocycles. The van der Waals surface area contributed by atoms with Crippen molar-refractivity contribution in [3.05, 3.63) is 18.2 Å². The Kier molecular flexibility index (Phi) is 6.84. The number of anilines is 2. The van der Waals surface area contributed by atoms with Gasteiger partial charge in [0.15, 0.2) is 0 Å². The number of ether oxygens (including phenoxy) is 1. The normalized spacial score (nSPS) is 15.3. The molecule has 1 aliphatic rings. The fourth-order valence-corrected chi connectivity index (χ4v) is 2.41. The second-order valence-corrected chi connectivity index (χ2v) is 5.79. The third-order valence-electron chi connectivity index (χ3n) is 3.83. The molecule has 1 fully saturated rings. The minimum absolute atomic E-state index is 0. The standard InChI is InChI=1S/C16H23N3O3.ClH/c1-10(2)15(17)16(21)18-11-6-7-12(13(9-11)22-3)19-8-4-5-14(19)20;/h6-7,9-10,15H,4-5,8,17H2,1-3H3,(H,18,21);1H/t15-;/m1./s1. The van der Waals surface area contributed by atoms with Crippen LogP contribution in [0.15, 0.2) is 18.2 Å². The Balaban J connectivity index is 0.00000264. The largest absolute Gasteiger partial charge is 0.494 e. The molecule has 7 heteroatoms. The van der Waals surface area contributed by atoms with Crippen molar-refractivity contribution >= 4 is 35.6 Å². The van der Waals surface area contributed by atoms with Gasteiger partial charge in [-0.3, -0.25) is 9.59 Å². The van der Waals surface area contributed by atoms with E-state index in [1.165, 1.54) is 0 Å². The zero-order valence-electron chi connectivity index (χ0n) is 13.7. The van der Waals surface area contributed by atoms with Crippen LogP contribution < -0.4 is 20.7 Å². The van der Waals surface area contributed by atoms with Crippen LogP contribution in [0.25, 0.3) is 0 Å². The molecule has 0 aliphatic carbocycles. The lowest BCUT2D eigenvalue weighted by Gasteiger charge is -2.20. The third kappa shape index (κ3) is 4.36. The van der Waals surface area contributed by atoms with Crippen LogP contribution in [0.5, 0.6) is 5.75 Å². The smallest absolute Gasteiger partial charge is 0.241 e. The molecule has 0 radical (unpaired) electrons. The van der Waals surface area contributed by atoms with Crippen molar-refractivity contribution in [2.24, 2.45) is 11.7 Å². The van der Waals surface area contributed by atoms with Crippen LogP contribution in [0.1, 0.15) is 26.7 Å². The lowest BCUT2D eigenvalue weighted by molar-refractivity contribution is -0.118. The number of nitrogens with one attached hydrogen (secondary N) is 1. The number of carbonyl (C=O) groups excluding carboxylic acids is 2. The fourth-order valence-electron chi connectivity index (χ4n) is 2.41. The van der Waals surface area contributed by atoms with Gasteiger partial charge in [0.25, 0.3) is 0 Å². The Morgan fingerprint density at radius 1 is 1.39 bits per heavy atom. The number of benzene rings is 1. The molecule has 2 rings (SSSR count). The number of carbonyl (C=O) groups is 2. The Labute approximate surface area is 142 Å². The van der Waals surface area contributed by atoms with Gasteiger partial charge in [-0.15, -0.1) is 12.4 Å². The first kappa shape index (κ1) is 19.3. The molecule has 0 spiro atoms. The maximum Gasteiger partial charge on any atom is 0.241 e. The second-order valence-electron chi connectivity index (χ2n) is 5.79. The molecule has 1 aliphatic heterocycles. The molecule has 1 heterocycles. The number of methoxy groups -OCH3 is 1. The summed E-state index contributed by atoms with van der Waals surface area (Å²) in [6, 6.07) is 4.70. The van der Waals surface area contributed by atoms with Crippen LogP contribution in [0.4, 0.5) is 11.4 Å². The van der Waals surface area contributed by atoms with Crippen LogP contribution in [0.2, 0.25) is 0 Å². The number of halogens is 1. The average molecular weight is 342 g/mol. The summed E-state index contributed by atoms with van der Waals surface area (Å²) >= 11 is 0. The Morgan fingerprint density at radius 2 is 2.09 bits per heavy atom. The van der Waals surface area contributed by atoms with E-state index in [2.05, 4.69) is 5.32 Å². The molecule has 0 saturated carbocycles. The van der Waals surface area contributed by atoms with Crippen molar-refractivity contribution in [3.8, 4) is 5.75 Å². The first-order chi connectivity index (χ1) is 10.4. The Hall–Kier alpha value is -1.79. The molecule has 1 atom stereocenters. The molecule has 1 aromatic carbocycles. The quantitative estimate of drug-likeness (QED) is 0.859. The summed E-state index contributed by atoms with van der Waals surface area (Å²) in [5, 5.41) is 2.78. The van der Waals surface area contributed by atoms with E-state index in [1.54, 1.807) is 30.2 Å². The summed E-state index contributed by atoms with van der Waals surface area (Å²) in [4.78, 5) is 25.6. The van der Waals surface area contributed by atoms with E-state index in [0.717, 1.165) is 12.1 Å². The van der Waals surface area contributed by atoms with Crippen molar-refractivity contribution in [1.82, 2.24) is 0 Å². The number of hydrogen-bond acceptors (Lipinski definition) is 4. The van der Waals surface area contributed by atoms with Gasteiger partial charge in [0, 0.05) is 24.7 Å². The maximum absolute atomic E-state index is 12.0. The zero-order valence-corrected chi connectivity index (χ0v) is 14.5. The SMILES string of the molecule is COc1cc(NC(=O)[C@H](N)C(C)C)ccc1N1CCCC1=O.Cl. The summed E-state index contributed by atoms with van der Waals surface area (Å²) < 4.78 is 5.36. The fraction of sp³-hybridized carbons (Fsp3) is 0.500. The van der Waals surface area contributed by atoms with E-state index >= 15 is 0 Å². The van der Waals surface area contributed by atoms with E-state index in [0.29, 0.717) is 24.4 Å². The molecule has 0 unspecified atom stereocenters. The lowest BCUT2D eigenvalue weighted by Crippen LogP contribution is -2.39. The average Bonchev–Trinajstić information content (AvgIpc) is 2.92. The van der Waals surface area contributed by atoms with Crippen LogP contribution in [-0.2, 0) is 9.59 Å². The number of rotatable bonds is 5. The third-order valence-corrected chi connectivity index (χ3v) is 3.83. The van der Waals surface area contributed by atoms with E-state index < -0.39 is 6.04 Å². The monoisotopic (exact) mass is 341 g/mol. The molecule has 1 aromatic rings. The van der Waals surface area contributed by atoms with Crippen molar-refractivity contribution in [3.63, 3.8) is 0 Å². The number of hydrogen-bond donors (Lipinski definition) is 2. The van der Waals surface area contributed by atoms with E-state index in [-0.39, 0.29) is 30.1 Å². The van der Waals surface area contributed by atoms with Crippen LogP contribution in [-0.4, -0.2) is 31.5 Å². The first-order valence-electron chi connectivity index (χ1n) is 7.49. The Bertz CT molecular complexity index is 578. The summed E-state index contributed by atoms with van der Waals surface area (Å²) in [5.74, 6) is 0.480. The van der Waals surface area contributed by atoms with Crippen molar-refractivity contribution in [2.45, 2.75) is 32.7 Å². The van der Waals surface area contributed by atoms with Gasteiger partial charge in [-0.25, -0.2) is 0 Å². The minimum atomic E-state index is -0.564.